The van der Waals surface area contributed by atoms with Gasteiger partial charge in [0.05, 0.1) is 30.1 Å². The molecule has 96 heavy (non-hydrogen) atoms. The number of halogens is 3. The maximum absolute atomic E-state index is 12.1. The molecule has 0 aliphatic rings. The topological polar surface area (TPSA) is 381 Å². The summed E-state index contributed by atoms with van der Waals surface area (Å²) >= 11 is 12.4. The van der Waals surface area contributed by atoms with Crippen molar-refractivity contribution >= 4 is 118 Å². The number of carboxylic acid groups (broad SMARTS) is 1. The summed E-state index contributed by atoms with van der Waals surface area (Å²) in [5.74, 6) is -2.32. The summed E-state index contributed by atoms with van der Waals surface area (Å²) in [6.07, 6.45) is 0.791. The van der Waals surface area contributed by atoms with Crippen molar-refractivity contribution in [3.63, 3.8) is 0 Å². The zero-order chi connectivity index (χ0) is 76.0. The summed E-state index contributed by atoms with van der Waals surface area (Å²) in [6, 6.07) is 0. The van der Waals surface area contributed by atoms with Crippen molar-refractivity contribution in [1.29, 1.82) is 0 Å². The number of carbonyl (C=O) groups is 12. The number of alkyl halides is 2. The summed E-state index contributed by atoms with van der Waals surface area (Å²) in [6.45, 7) is 49.4. The van der Waals surface area contributed by atoms with Crippen LogP contribution in [0.1, 0.15) is 227 Å². The monoisotopic (exact) mass is 1780 g/mol. The minimum absolute atomic E-state index is 0. The predicted octanol–water partition coefficient (Wildman–Crippen LogP) is 6.29. The first-order valence-corrected chi connectivity index (χ1v) is 33.4. The molecule has 0 rings (SSSR count). The van der Waals surface area contributed by atoms with Gasteiger partial charge in [-0.1, -0.05) is 122 Å². The van der Waals surface area contributed by atoms with Gasteiger partial charge in [-0.3, -0.25) is 43.2 Å². The van der Waals surface area contributed by atoms with Crippen LogP contribution in [0, 0.1) is 65.1 Å². The van der Waals surface area contributed by atoms with Crippen LogP contribution in [0.4, 0.5) is 9.59 Å². The molecule has 0 saturated heterocycles. The van der Waals surface area contributed by atoms with Gasteiger partial charge < -0.3 is 75.7 Å². The van der Waals surface area contributed by atoms with E-state index in [9.17, 15) is 47.9 Å². The first kappa shape index (κ1) is 116. The largest absolute Gasteiger partial charge is 1.00 e. The van der Waals surface area contributed by atoms with Crippen LogP contribution in [0.5, 0.6) is 0 Å². The quantitative estimate of drug-likeness (QED) is 0.00735. The summed E-state index contributed by atoms with van der Waals surface area (Å²) in [4.78, 5) is 132. The molecular formula is C65H122Cl2Cs2IN3O23. The number of aliphatic carboxylic acids is 1. The Labute approximate surface area is 717 Å². The van der Waals surface area contributed by atoms with Gasteiger partial charge in [0, 0.05) is 45.7 Å². The van der Waals surface area contributed by atoms with E-state index in [1.807, 2.05) is 71.1 Å². The van der Waals surface area contributed by atoms with E-state index >= 15 is 0 Å². The Bertz CT molecular complexity index is 2070. The number of amides is 2. The Kier molecular flexibility index (Phi) is 84.3. The van der Waals surface area contributed by atoms with Gasteiger partial charge in [-0.15, -0.1) is 0 Å². The van der Waals surface area contributed by atoms with Crippen molar-refractivity contribution < 1.29 is 250 Å². The molecule has 0 aliphatic heterocycles. The summed E-state index contributed by atoms with van der Waals surface area (Å²) in [7, 11) is 0. The summed E-state index contributed by atoms with van der Waals surface area (Å²) < 4.78 is 40.0. The van der Waals surface area contributed by atoms with E-state index < -0.39 is 59.4 Å². The van der Waals surface area contributed by atoms with Crippen LogP contribution in [-0.4, -0.2) is 130 Å². The molecule has 0 aromatic carbocycles. The predicted molar refractivity (Wildman–Crippen MR) is 367 cm³/mol. The smallest absolute Gasteiger partial charge is 1.00 e. The number of nitrogens with two attached hydrogens (primary N) is 1. The molecule has 0 aromatic rings. The van der Waals surface area contributed by atoms with Crippen LogP contribution in [-0.2, 0) is 90.7 Å². The van der Waals surface area contributed by atoms with E-state index in [0.29, 0.717) is 37.4 Å². The summed E-state index contributed by atoms with van der Waals surface area (Å²) in [5.41, 5.74) is 4.00. The number of carboxylic acids is 1. The van der Waals surface area contributed by atoms with Gasteiger partial charge >= 0.3 is 192 Å². The van der Waals surface area contributed by atoms with Crippen molar-refractivity contribution in [2.45, 2.75) is 259 Å². The third-order valence-corrected chi connectivity index (χ3v) is 10.9. The van der Waals surface area contributed by atoms with Gasteiger partial charge in [0.25, 0.3) is 6.47 Å². The molecule has 31 heteroatoms. The number of aldehydes is 1. The molecule has 5 N–H and O–H groups in total. The number of alkyl carbamates (subject to hydrolysis) is 2. The van der Waals surface area contributed by atoms with Crippen LogP contribution in [0.3, 0.4) is 0 Å². The zero-order valence-electron chi connectivity index (χ0n) is 64.3. The zero-order valence-corrected chi connectivity index (χ0v) is 79.5. The Hall–Kier alpha value is -1.03. The number of hydrogen-bond donors (Lipinski definition) is 4. The molecule has 7 atom stereocenters. The van der Waals surface area contributed by atoms with E-state index in [0.717, 1.165) is 25.5 Å². The van der Waals surface area contributed by atoms with Gasteiger partial charge in [0.15, 0.2) is 5.56 Å². The van der Waals surface area contributed by atoms with Crippen LogP contribution in [0.2, 0.25) is 0 Å². The molecule has 558 valence electrons. The molecule has 26 nitrogen and oxygen atoms in total. The van der Waals surface area contributed by atoms with E-state index in [1.165, 1.54) is 20.8 Å². The molecule has 0 aliphatic carbocycles. The molecule has 0 fully saturated rings. The molecule has 0 bridgehead atoms. The van der Waals surface area contributed by atoms with Crippen LogP contribution in [0.15, 0.2) is 0 Å². The van der Waals surface area contributed by atoms with E-state index in [4.69, 9.17) is 82.0 Å². The first-order valence-electron chi connectivity index (χ1n) is 31.4. The number of ether oxygens (including phenoxy) is 8. The normalized spacial score (nSPS) is 12.5. The Balaban J connectivity index is -0.000000104. The number of rotatable bonds is 29. The maximum atomic E-state index is 12.1. The standard InChI is InChI=1S/C19H35NO6.C14H27NO4.C13H25NO4.C6H11ClO2.C6H11IO2.C4H7ClO.C2H4O.CH2O3.2Cs.H/c1-12(2)9-15(11-20-18(23)26-19(6,7)8)10-16(21)24-14(5)25-17(22)13(3)4;1-9(2)6-12(8-15)7-13(16)18-11(5)19-14(17)10(3)4;1-9(2)6-10(7-11(15)16)8-14-12(17)18-13(3,4)5;2*1-4(2)6(8)9-5(3)7;1-3(2)4(5)6;1-2-3;2-1-4-3;;;/h12-15H,9-11H2,1-8H3,(H,20,23);9-12H,6-8,15H2,1-5H3;9-10H,6-8H2,1-5H3,(H,14,17)(H,15,16);2*4-5H,1-3H3;3H,1-2H3;2H,1H3;1,3H;;;/q;;;;;;;;2*+1;-1/p-1/t14?,15-;11?,12-;10-;;;;;;;;/m000......../s1. The first-order chi connectivity index (χ1) is 42.7. The molecule has 0 aromatic heterocycles. The van der Waals surface area contributed by atoms with Crippen LogP contribution >= 0.6 is 45.8 Å². The second-order valence-corrected chi connectivity index (χ2v) is 28.7. The molecule has 0 radical (unpaired) electrons. The fraction of sp³-hybridized carbons (Fsp3) is 0.815. The van der Waals surface area contributed by atoms with E-state index in [1.54, 1.807) is 104 Å². The molecule has 4 unspecified atom stereocenters. The van der Waals surface area contributed by atoms with Crippen LogP contribution < -0.4 is 159 Å². The number of carbonyl (C=O) groups excluding carboxylic acids is 11. The molecule has 0 spiro atoms. The maximum Gasteiger partial charge on any atom is 1.00 e. The Morgan fingerprint density at radius 2 is 0.771 bits per heavy atom. The van der Waals surface area contributed by atoms with Crippen molar-refractivity contribution in [3.8, 4) is 0 Å². The average Bonchev–Trinajstić information content (AvgIpc) is 1.24. The molecule has 2 amide bonds. The van der Waals surface area contributed by atoms with Crippen molar-refractivity contribution in [1.82, 2.24) is 10.6 Å². The van der Waals surface area contributed by atoms with Crippen molar-refractivity contribution in [2.75, 3.05) is 19.6 Å². The second-order valence-electron chi connectivity index (χ2n) is 25.9. The van der Waals surface area contributed by atoms with E-state index in [-0.39, 0.29) is 246 Å². The number of hydrogen-bond acceptors (Lipinski definition) is 23. The number of esters is 6. The molecular weight excluding hydrogens is 1650 g/mol. The van der Waals surface area contributed by atoms with Crippen molar-refractivity contribution in [3.05, 3.63) is 0 Å². The van der Waals surface area contributed by atoms with Gasteiger partial charge in [-0.05, 0) is 158 Å². The molecule has 0 saturated carbocycles. The third-order valence-electron chi connectivity index (χ3n) is 10.1. The Morgan fingerprint density at radius 1 is 0.510 bits per heavy atom. The van der Waals surface area contributed by atoms with Crippen LogP contribution in [0.25, 0.3) is 0 Å². The van der Waals surface area contributed by atoms with Gasteiger partial charge in [0.2, 0.25) is 17.8 Å². The van der Waals surface area contributed by atoms with Gasteiger partial charge in [-0.25, -0.2) is 9.59 Å². The average molecular weight is 1780 g/mol. The Morgan fingerprint density at radius 3 is 0.969 bits per heavy atom. The SMILES string of the molecule is CC(C)C(=O)Cl.CC(C)C[C@H](CN)CC(=O)OC(C)OC(=O)C(C)C.CC(C)C[C@H](CNC(=O)OC(C)(C)C)CC(=O)O.CC(C)C[C@H](CNC(=O)OC(C)(C)C)CC(=O)OC(C)OC(=O)C(C)C.CC(Cl)OC(=O)C(C)C.CC(I)OC(=O)C(C)C.CC=O.O=CO[O-].[Cs+].[Cs+].[H-]. The van der Waals surface area contributed by atoms with Gasteiger partial charge in [0.1, 0.15) is 21.6 Å². The fourth-order valence-electron chi connectivity index (χ4n) is 6.25. The van der Waals surface area contributed by atoms with Crippen molar-refractivity contribution in [2.24, 2.45) is 70.8 Å². The second kappa shape index (κ2) is 69.7. The minimum atomic E-state index is -0.934. The van der Waals surface area contributed by atoms with E-state index in [2.05, 4.69) is 34.1 Å². The van der Waals surface area contributed by atoms with Gasteiger partial charge in [-0.2, -0.15) is 0 Å². The third kappa shape index (κ3) is 97.2. The fourth-order valence-corrected chi connectivity index (χ4v) is 6.59. The minimum Gasteiger partial charge on any atom is -1.00 e. The molecule has 0 heterocycles. The summed E-state index contributed by atoms with van der Waals surface area (Å²) in [5, 5.41) is 22.3. The number of nitrogens with one attached hydrogen (secondary N) is 2.